The number of carbonyl (C=O) groups excluding carboxylic acids is 3. The molecule has 1 atom stereocenters. The van der Waals surface area contributed by atoms with E-state index in [0.717, 1.165) is 17.5 Å². The summed E-state index contributed by atoms with van der Waals surface area (Å²) >= 11 is 0. The molecule has 0 N–H and O–H groups in total. The van der Waals surface area contributed by atoms with Gasteiger partial charge in [-0.25, -0.2) is 4.79 Å². The quantitative estimate of drug-likeness (QED) is 0.492. The van der Waals surface area contributed by atoms with Crippen molar-refractivity contribution in [3.63, 3.8) is 0 Å². The summed E-state index contributed by atoms with van der Waals surface area (Å²) in [4.78, 5) is 37.7. The van der Waals surface area contributed by atoms with Crippen molar-refractivity contribution in [2.24, 2.45) is 0 Å². The topological polar surface area (TPSA) is 63.7 Å². The Hall–Kier alpha value is -3.21. The van der Waals surface area contributed by atoms with Crippen molar-refractivity contribution in [1.82, 2.24) is 4.90 Å². The molecule has 0 unspecified atom stereocenters. The summed E-state index contributed by atoms with van der Waals surface area (Å²) in [5.41, 5.74) is 2.19. The van der Waals surface area contributed by atoms with Crippen molar-refractivity contribution in [3.8, 4) is 5.75 Å². The first-order valence-corrected chi connectivity index (χ1v) is 8.09. The molecule has 2 amide bonds. The van der Waals surface area contributed by atoms with E-state index in [1.165, 1.54) is 17.1 Å². The van der Waals surface area contributed by atoms with E-state index in [-0.39, 0.29) is 11.8 Å². The highest BCUT2D eigenvalue weighted by Crippen LogP contribution is 2.42. The maximum Gasteiger partial charge on any atom is 0.343 e. The lowest BCUT2D eigenvalue weighted by Crippen LogP contribution is -2.33. The molecular weight excluding hydrogens is 318 g/mol. The molecule has 1 aliphatic heterocycles. The van der Waals surface area contributed by atoms with E-state index in [2.05, 4.69) is 0 Å². The first-order chi connectivity index (χ1) is 12.1. The fourth-order valence-corrected chi connectivity index (χ4v) is 3.42. The fourth-order valence-electron chi connectivity index (χ4n) is 3.42. The van der Waals surface area contributed by atoms with Gasteiger partial charge in [-0.1, -0.05) is 30.3 Å². The number of aryl methyl sites for hydroxylation is 1. The Bertz CT molecular complexity index is 883. The number of benzene rings is 2. The van der Waals surface area contributed by atoms with Gasteiger partial charge < -0.3 is 4.74 Å². The Morgan fingerprint density at radius 2 is 1.68 bits per heavy atom. The average molecular weight is 333 g/mol. The largest absolute Gasteiger partial charge is 0.423 e. The summed E-state index contributed by atoms with van der Waals surface area (Å²) in [6.07, 6.45) is 3.92. The number of hydrogen-bond donors (Lipinski definition) is 0. The van der Waals surface area contributed by atoms with Crippen molar-refractivity contribution >= 4 is 17.8 Å². The summed E-state index contributed by atoms with van der Waals surface area (Å²) < 4.78 is 5.59. The van der Waals surface area contributed by atoms with Crippen LogP contribution in [0.3, 0.4) is 0 Å². The second kappa shape index (κ2) is 6.02. The Morgan fingerprint density at radius 1 is 0.960 bits per heavy atom. The predicted octanol–water partition coefficient (Wildman–Crippen LogP) is 2.82. The van der Waals surface area contributed by atoms with Gasteiger partial charge in [0.15, 0.2) is 0 Å². The normalized spacial score (nSPS) is 18.6. The highest BCUT2D eigenvalue weighted by atomic mass is 16.5. The van der Waals surface area contributed by atoms with E-state index in [1.807, 2.05) is 18.2 Å². The summed E-state index contributed by atoms with van der Waals surface area (Å²) in [7, 11) is 0. The minimum atomic E-state index is -0.461. The van der Waals surface area contributed by atoms with Gasteiger partial charge in [-0.15, -0.1) is 0 Å². The summed E-state index contributed by atoms with van der Waals surface area (Å²) in [6, 6.07) is 13.8. The molecular formula is C20H15NO4. The molecule has 0 saturated heterocycles. The molecule has 4 rings (SSSR count). The van der Waals surface area contributed by atoms with E-state index in [1.54, 1.807) is 30.3 Å². The van der Waals surface area contributed by atoms with Crippen LogP contribution in [0.5, 0.6) is 5.75 Å². The lowest BCUT2D eigenvalue weighted by molar-refractivity contribution is -0.139. The third kappa shape index (κ3) is 2.63. The standard InChI is InChI=1S/C20H15NO4/c22-17-11-12-18(23)21(17)15-10-9-13-7-4-8-16(19(13)15)25-20(24)14-5-2-1-3-6-14/h1-8,11-12,15H,9-10H2/t15-/m0/s1. The van der Waals surface area contributed by atoms with Crippen LogP contribution in [0.2, 0.25) is 0 Å². The maximum absolute atomic E-state index is 12.4. The van der Waals surface area contributed by atoms with Gasteiger partial charge in [-0.3, -0.25) is 14.5 Å². The van der Waals surface area contributed by atoms with Crippen molar-refractivity contribution in [3.05, 3.63) is 77.4 Å². The smallest absolute Gasteiger partial charge is 0.343 e. The summed E-state index contributed by atoms with van der Waals surface area (Å²) in [5.74, 6) is -0.711. The molecule has 0 fully saturated rings. The Kier molecular flexibility index (Phi) is 3.69. The lowest BCUT2D eigenvalue weighted by Gasteiger charge is -2.24. The highest BCUT2D eigenvalue weighted by Gasteiger charge is 2.38. The Morgan fingerprint density at radius 3 is 2.40 bits per heavy atom. The molecule has 25 heavy (non-hydrogen) atoms. The molecule has 0 radical (unpaired) electrons. The van der Waals surface area contributed by atoms with Crippen LogP contribution in [0, 0.1) is 0 Å². The molecule has 0 aromatic heterocycles. The van der Waals surface area contributed by atoms with Gasteiger partial charge in [0.05, 0.1) is 11.6 Å². The summed E-state index contributed by atoms with van der Waals surface area (Å²) in [5, 5.41) is 0. The number of rotatable bonds is 3. The van der Waals surface area contributed by atoms with Gasteiger partial charge in [0.1, 0.15) is 5.75 Å². The minimum absolute atomic E-state index is 0.327. The van der Waals surface area contributed by atoms with Crippen LogP contribution in [0.4, 0.5) is 0 Å². The molecule has 0 saturated carbocycles. The zero-order valence-corrected chi connectivity index (χ0v) is 13.3. The zero-order valence-electron chi connectivity index (χ0n) is 13.3. The minimum Gasteiger partial charge on any atom is -0.423 e. The van der Waals surface area contributed by atoms with Crippen molar-refractivity contribution < 1.29 is 19.1 Å². The third-order valence-electron chi connectivity index (χ3n) is 4.54. The number of esters is 1. The SMILES string of the molecule is O=C(Oc1cccc2c1[C@@H](N1C(=O)C=CC1=O)CC2)c1ccccc1. The van der Waals surface area contributed by atoms with Gasteiger partial charge in [-0.2, -0.15) is 0 Å². The van der Waals surface area contributed by atoms with Crippen LogP contribution in [0.1, 0.15) is 33.9 Å². The number of fused-ring (bicyclic) bond motifs is 1. The van der Waals surface area contributed by atoms with Crippen molar-refractivity contribution in [1.29, 1.82) is 0 Å². The zero-order chi connectivity index (χ0) is 17.4. The number of imide groups is 1. The van der Waals surface area contributed by atoms with Crippen LogP contribution < -0.4 is 4.74 Å². The molecule has 5 nitrogen and oxygen atoms in total. The molecule has 124 valence electrons. The number of ether oxygens (including phenoxy) is 1. The number of nitrogens with zero attached hydrogens (tertiary/aromatic N) is 1. The summed E-state index contributed by atoms with van der Waals surface area (Å²) in [6.45, 7) is 0. The molecule has 0 bridgehead atoms. The van der Waals surface area contributed by atoms with Crippen LogP contribution in [-0.4, -0.2) is 22.7 Å². The average Bonchev–Trinajstić information content (AvgIpc) is 3.19. The molecule has 2 aromatic rings. The molecule has 2 aliphatic rings. The van der Waals surface area contributed by atoms with E-state index >= 15 is 0 Å². The van der Waals surface area contributed by atoms with E-state index < -0.39 is 12.0 Å². The van der Waals surface area contributed by atoms with Crippen LogP contribution in [0.25, 0.3) is 0 Å². The monoisotopic (exact) mass is 333 g/mol. The van der Waals surface area contributed by atoms with Crippen molar-refractivity contribution in [2.75, 3.05) is 0 Å². The van der Waals surface area contributed by atoms with Gasteiger partial charge in [0.25, 0.3) is 11.8 Å². The Labute approximate surface area is 144 Å². The molecule has 0 spiro atoms. The van der Waals surface area contributed by atoms with Crippen LogP contribution in [0.15, 0.2) is 60.7 Å². The fraction of sp³-hybridized carbons (Fsp3) is 0.150. The predicted molar refractivity (Wildman–Crippen MR) is 89.9 cm³/mol. The second-order valence-corrected chi connectivity index (χ2v) is 6.02. The van der Waals surface area contributed by atoms with Gasteiger partial charge in [0.2, 0.25) is 0 Å². The first-order valence-electron chi connectivity index (χ1n) is 8.09. The number of hydrogen-bond acceptors (Lipinski definition) is 4. The van der Waals surface area contributed by atoms with E-state index in [9.17, 15) is 14.4 Å². The first kappa shape index (κ1) is 15.3. The highest BCUT2D eigenvalue weighted by molar-refractivity contribution is 6.13. The van der Waals surface area contributed by atoms with Crippen molar-refractivity contribution in [2.45, 2.75) is 18.9 Å². The third-order valence-corrected chi connectivity index (χ3v) is 4.54. The molecule has 1 heterocycles. The number of carbonyl (C=O) groups is 3. The molecule has 1 aliphatic carbocycles. The van der Waals surface area contributed by atoms with Gasteiger partial charge in [0, 0.05) is 17.7 Å². The van der Waals surface area contributed by atoms with Crippen LogP contribution in [-0.2, 0) is 16.0 Å². The second-order valence-electron chi connectivity index (χ2n) is 6.02. The molecule has 2 aromatic carbocycles. The van der Waals surface area contributed by atoms with Crippen LogP contribution >= 0.6 is 0 Å². The maximum atomic E-state index is 12.4. The lowest BCUT2D eigenvalue weighted by atomic mass is 10.1. The van der Waals surface area contributed by atoms with Gasteiger partial charge >= 0.3 is 5.97 Å². The van der Waals surface area contributed by atoms with E-state index in [4.69, 9.17) is 4.74 Å². The molecule has 5 heteroatoms. The Balaban J connectivity index is 1.68. The van der Waals surface area contributed by atoms with Gasteiger partial charge in [-0.05, 0) is 36.6 Å². The number of amides is 2. The van der Waals surface area contributed by atoms with E-state index in [0.29, 0.717) is 17.7 Å².